The smallest absolute Gasteiger partial charge is 0.263 e. The molecule has 0 saturated heterocycles. The Labute approximate surface area is 152 Å². The van der Waals surface area contributed by atoms with Crippen LogP contribution in [0.3, 0.4) is 0 Å². The molecule has 3 rings (SSSR count). The maximum absolute atomic E-state index is 13.7. The third-order valence-corrected chi connectivity index (χ3v) is 3.96. The van der Waals surface area contributed by atoms with Crippen LogP contribution in [0.5, 0.6) is 5.75 Å². The van der Waals surface area contributed by atoms with Gasteiger partial charge in [-0.2, -0.15) is 5.10 Å². The number of ether oxygens (including phenoxy) is 1. The van der Waals surface area contributed by atoms with Crippen LogP contribution in [-0.2, 0) is 11.3 Å². The minimum Gasteiger partial charge on any atom is -0.484 e. The van der Waals surface area contributed by atoms with Crippen LogP contribution in [0.4, 0.5) is 10.2 Å². The molecule has 1 amide bonds. The molecule has 1 N–H and O–H groups in total. The number of hydrogen-bond donors (Lipinski definition) is 1. The van der Waals surface area contributed by atoms with E-state index in [4.69, 9.17) is 4.74 Å². The Bertz CT molecular complexity index is 868. The Balaban J connectivity index is 1.60. The molecule has 1 aromatic heterocycles. The maximum Gasteiger partial charge on any atom is 0.263 e. The summed E-state index contributed by atoms with van der Waals surface area (Å²) < 4.78 is 21.3. The molecule has 2 aromatic carbocycles. The summed E-state index contributed by atoms with van der Waals surface area (Å²) in [6.45, 7) is 0.137. The van der Waals surface area contributed by atoms with Crippen molar-refractivity contribution in [1.82, 2.24) is 9.78 Å². The van der Waals surface area contributed by atoms with Crippen molar-refractivity contribution < 1.29 is 13.9 Å². The van der Waals surface area contributed by atoms with Crippen LogP contribution < -0.4 is 10.1 Å². The third-order valence-electron chi connectivity index (χ3n) is 3.38. The van der Waals surface area contributed by atoms with E-state index in [1.165, 1.54) is 6.07 Å². The number of aromatic nitrogens is 2. The highest BCUT2D eigenvalue weighted by atomic mass is 79.9. The molecule has 1 heterocycles. The second-order valence-corrected chi connectivity index (χ2v) is 6.12. The Kier molecular flexibility index (Phi) is 5.45. The van der Waals surface area contributed by atoms with Gasteiger partial charge in [0.1, 0.15) is 11.6 Å². The average Bonchev–Trinajstić information content (AvgIpc) is 2.95. The lowest BCUT2D eigenvalue weighted by molar-refractivity contribution is -0.118. The SMILES string of the molecule is O=C(COc1ccccc1)Nc1nn(Cc2ccccc2F)cc1Br. The van der Waals surface area contributed by atoms with Gasteiger partial charge in [0.25, 0.3) is 5.91 Å². The van der Waals surface area contributed by atoms with Gasteiger partial charge < -0.3 is 10.1 Å². The first-order valence-electron chi connectivity index (χ1n) is 7.56. The van der Waals surface area contributed by atoms with Crippen LogP contribution in [0.15, 0.2) is 65.3 Å². The fourth-order valence-corrected chi connectivity index (χ4v) is 2.61. The molecular formula is C18H15BrFN3O2. The first kappa shape index (κ1) is 17.2. The lowest BCUT2D eigenvalue weighted by Crippen LogP contribution is -2.20. The zero-order chi connectivity index (χ0) is 17.6. The number of carbonyl (C=O) groups is 1. The second kappa shape index (κ2) is 7.94. The molecule has 0 aliphatic rings. The molecular weight excluding hydrogens is 389 g/mol. The van der Waals surface area contributed by atoms with Crippen molar-refractivity contribution in [2.75, 3.05) is 11.9 Å². The molecule has 25 heavy (non-hydrogen) atoms. The van der Waals surface area contributed by atoms with E-state index in [1.807, 2.05) is 18.2 Å². The van der Waals surface area contributed by atoms with E-state index < -0.39 is 0 Å². The Morgan fingerprint density at radius 3 is 2.64 bits per heavy atom. The summed E-state index contributed by atoms with van der Waals surface area (Å²) in [5, 5.41) is 6.92. The minimum atomic E-state index is -0.333. The van der Waals surface area contributed by atoms with Crippen molar-refractivity contribution in [3.63, 3.8) is 0 Å². The predicted molar refractivity (Wildman–Crippen MR) is 96.0 cm³/mol. The molecule has 7 heteroatoms. The molecule has 3 aromatic rings. The number of halogens is 2. The van der Waals surface area contributed by atoms with Crippen LogP contribution in [0, 0.1) is 5.82 Å². The van der Waals surface area contributed by atoms with E-state index in [1.54, 1.807) is 41.2 Å². The maximum atomic E-state index is 13.7. The summed E-state index contributed by atoms with van der Waals surface area (Å²) in [4.78, 5) is 12.0. The van der Waals surface area contributed by atoms with E-state index in [9.17, 15) is 9.18 Å². The third kappa shape index (κ3) is 4.67. The molecule has 0 aliphatic heterocycles. The van der Waals surface area contributed by atoms with Gasteiger partial charge in [-0.3, -0.25) is 9.48 Å². The number of nitrogens with one attached hydrogen (secondary N) is 1. The fourth-order valence-electron chi connectivity index (χ4n) is 2.20. The topological polar surface area (TPSA) is 56.1 Å². The monoisotopic (exact) mass is 403 g/mol. The van der Waals surface area contributed by atoms with E-state index >= 15 is 0 Å². The first-order chi connectivity index (χ1) is 12.1. The van der Waals surface area contributed by atoms with Crippen molar-refractivity contribution in [3.8, 4) is 5.75 Å². The summed E-state index contributed by atoms with van der Waals surface area (Å²) in [6.07, 6.45) is 1.68. The highest BCUT2D eigenvalue weighted by Gasteiger charge is 2.12. The minimum absolute atomic E-state index is 0.128. The number of nitrogens with zero attached hydrogens (tertiary/aromatic N) is 2. The quantitative estimate of drug-likeness (QED) is 0.679. The number of amides is 1. The van der Waals surface area contributed by atoms with Crippen LogP contribution in [0.2, 0.25) is 0 Å². The zero-order valence-electron chi connectivity index (χ0n) is 13.2. The number of carbonyl (C=O) groups excluding carboxylic acids is 1. The van der Waals surface area contributed by atoms with Crippen molar-refractivity contribution in [2.24, 2.45) is 0 Å². The largest absolute Gasteiger partial charge is 0.484 e. The lowest BCUT2D eigenvalue weighted by atomic mass is 10.2. The van der Waals surface area contributed by atoms with Crippen LogP contribution >= 0.6 is 15.9 Å². The van der Waals surface area contributed by atoms with Gasteiger partial charge in [0, 0.05) is 11.8 Å². The van der Waals surface area contributed by atoms with Crippen LogP contribution in [-0.4, -0.2) is 22.3 Å². The molecule has 0 unspecified atom stereocenters. The Morgan fingerprint density at radius 1 is 1.16 bits per heavy atom. The summed E-state index contributed by atoms with van der Waals surface area (Å²) in [5.41, 5.74) is 0.516. The molecule has 0 aliphatic carbocycles. The summed E-state index contributed by atoms with van der Waals surface area (Å²) >= 11 is 3.34. The van der Waals surface area contributed by atoms with E-state index in [0.717, 1.165) is 0 Å². The van der Waals surface area contributed by atoms with Gasteiger partial charge in [-0.05, 0) is 34.1 Å². The van der Waals surface area contributed by atoms with E-state index in [0.29, 0.717) is 21.6 Å². The van der Waals surface area contributed by atoms with Gasteiger partial charge in [-0.25, -0.2) is 4.39 Å². The van der Waals surface area contributed by atoms with Crippen molar-refractivity contribution in [3.05, 3.63) is 76.6 Å². The van der Waals surface area contributed by atoms with Gasteiger partial charge in [-0.15, -0.1) is 0 Å². The standard InChI is InChI=1S/C18H15BrFN3O2/c19-15-11-23(10-13-6-4-5-9-16(13)20)22-18(15)21-17(24)12-25-14-7-2-1-3-8-14/h1-9,11H,10,12H2,(H,21,22,24). The van der Waals surface area contributed by atoms with Crippen LogP contribution in [0.1, 0.15) is 5.56 Å². The molecule has 0 spiro atoms. The fraction of sp³-hybridized carbons (Fsp3) is 0.111. The number of hydrogen-bond acceptors (Lipinski definition) is 3. The van der Waals surface area contributed by atoms with Crippen LogP contribution in [0.25, 0.3) is 0 Å². The van der Waals surface area contributed by atoms with E-state index in [2.05, 4.69) is 26.3 Å². The predicted octanol–water partition coefficient (Wildman–Crippen LogP) is 3.85. The Morgan fingerprint density at radius 2 is 1.88 bits per heavy atom. The molecule has 0 radical (unpaired) electrons. The van der Waals surface area contributed by atoms with Gasteiger partial charge in [0.2, 0.25) is 0 Å². The van der Waals surface area contributed by atoms with Gasteiger partial charge >= 0.3 is 0 Å². The zero-order valence-corrected chi connectivity index (χ0v) is 14.7. The second-order valence-electron chi connectivity index (χ2n) is 5.26. The van der Waals surface area contributed by atoms with Gasteiger partial charge in [-0.1, -0.05) is 36.4 Å². The molecule has 0 saturated carbocycles. The number of anilines is 1. The molecule has 0 bridgehead atoms. The summed E-state index contributed by atoms with van der Waals surface area (Å²) in [6, 6.07) is 15.6. The van der Waals surface area contributed by atoms with Gasteiger partial charge in [0.15, 0.2) is 12.4 Å². The summed E-state index contributed by atoms with van der Waals surface area (Å²) in [5.74, 6) is 0.344. The van der Waals surface area contributed by atoms with Crippen molar-refractivity contribution in [1.29, 1.82) is 0 Å². The molecule has 0 atom stereocenters. The molecule has 128 valence electrons. The number of benzene rings is 2. The summed E-state index contributed by atoms with van der Waals surface area (Å²) in [7, 11) is 0. The van der Waals surface area contributed by atoms with Crippen molar-refractivity contribution in [2.45, 2.75) is 6.54 Å². The molecule has 5 nitrogen and oxygen atoms in total. The highest BCUT2D eigenvalue weighted by molar-refractivity contribution is 9.10. The van der Waals surface area contributed by atoms with Crippen molar-refractivity contribution >= 4 is 27.7 Å². The highest BCUT2D eigenvalue weighted by Crippen LogP contribution is 2.21. The average molecular weight is 404 g/mol. The number of para-hydroxylation sites is 1. The number of rotatable bonds is 6. The lowest BCUT2D eigenvalue weighted by Gasteiger charge is -2.06. The Hall–Kier alpha value is -2.67. The van der Waals surface area contributed by atoms with Gasteiger partial charge in [0.05, 0.1) is 11.0 Å². The first-order valence-corrected chi connectivity index (χ1v) is 8.35. The molecule has 0 fully saturated rings. The normalized spacial score (nSPS) is 10.5. The van der Waals surface area contributed by atoms with E-state index in [-0.39, 0.29) is 24.9 Å².